The summed E-state index contributed by atoms with van der Waals surface area (Å²) in [5, 5.41) is 2.77. The van der Waals surface area contributed by atoms with Crippen molar-refractivity contribution < 1.29 is 23.7 Å². The minimum atomic E-state index is -4.54. The first kappa shape index (κ1) is 14.7. The number of hydrogen-bond acceptors (Lipinski definition) is 4. The third-order valence-corrected chi connectivity index (χ3v) is 2.73. The van der Waals surface area contributed by atoms with Gasteiger partial charge < -0.3 is 15.6 Å². The Morgan fingerprint density at radius 3 is 2.39 bits per heavy atom. The predicted octanol–water partition coefficient (Wildman–Crippen LogP) is -0.226. The summed E-state index contributed by atoms with van der Waals surface area (Å²) in [7, 11) is -2.91. The Kier molecular flexibility index (Phi) is 4.86. The third-order valence-electron chi connectivity index (χ3n) is 2.28. The maximum absolute atomic E-state index is 11.0. The Balaban J connectivity index is 2.71. The summed E-state index contributed by atoms with van der Waals surface area (Å²) in [6.45, 7) is 0. The average molecular weight is 274 g/mol. The number of nitrogens with two attached hydrogens (primary N) is 1. The number of likely N-dealkylation sites (N-methyl/N-ethyl adjacent to an activating group) is 1. The van der Waals surface area contributed by atoms with Crippen LogP contribution >= 0.6 is 7.82 Å². The van der Waals surface area contributed by atoms with Gasteiger partial charge >= 0.3 is 7.82 Å². The summed E-state index contributed by atoms with van der Waals surface area (Å²) < 4.78 is 15.0. The molecule has 1 amide bonds. The molecule has 1 rings (SSSR count). The molecule has 0 aliphatic heterocycles. The fourth-order valence-corrected chi connectivity index (χ4v) is 1.80. The van der Waals surface area contributed by atoms with Gasteiger partial charge in [-0.05, 0) is 31.2 Å². The Labute approximate surface area is 104 Å². The number of amides is 1. The number of nitrogens with one attached hydrogen (secondary N) is 1. The van der Waals surface area contributed by atoms with Crippen molar-refractivity contribution in [3.8, 4) is 5.75 Å². The zero-order chi connectivity index (χ0) is 13.8. The second kappa shape index (κ2) is 5.97. The van der Waals surface area contributed by atoms with Crippen LogP contribution in [0.15, 0.2) is 24.3 Å². The molecule has 7 nitrogen and oxygen atoms in total. The van der Waals surface area contributed by atoms with E-state index in [0.29, 0.717) is 6.42 Å². The van der Waals surface area contributed by atoms with Crippen LogP contribution in [0.25, 0.3) is 0 Å². The fraction of sp³-hybridized carbons (Fsp3) is 0.300. The normalized spacial score (nSPS) is 13.1. The molecule has 1 aromatic carbocycles. The minimum absolute atomic E-state index is 0.0622. The van der Waals surface area contributed by atoms with Gasteiger partial charge in [0, 0.05) is 0 Å². The molecule has 5 N–H and O–H groups in total. The summed E-state index contributed by atoms with van der Waals surface area (Å²) in [5.41, 5.74) is 5.98. The monoisotopic (exact) mass is 274 g/mol. The highest BCUT2D eigenvalue weighted by Gasteiger charge is 2.16. The lowest BCUT2D eigenvalue weighted by atomic mass is 10.1. The van der Waals surface area contributed by atoms with Crippen molar-refractivity contribution in [2.75, 3.05) is 7.05 Å². The lowest BCUT2D eigenvalue weighted by molar-refractivity contribution is -0.119. The second-order valence-electron chi connectivity index (χ2n) is 3.67. The summed E-state index contributed by atoms with van der Waals surface area (Å²) >= 11 is 0. The summed E-state index contributed by atoms with van der Waals surface area (Å²) in [6, 6.07) is 5.57. The molecule has 0 aliphatic rings. The highest BCUT2D eigenvalue weighted by atomic mass is 31.2. The van der Waals surface area contributed by atoms with Crippen LogP contribution in [0.4, 0.5) is 0 Å². The van der Waals surface area contributed by atoms with Crippen LogP contribution in [-0.4, -0.2) is 28.8 Å². The summed E-state index contributed by atoms with van der Waals surface area (Å²) in [5.74, 6) is -0.403. The van der Waals surface area contributed by atoms with Gasteiger partial charge in [0.25, 0.3) is 0 Å². The van der Waals surface area contributed by atoms with E-state index in [1.807, 2.05) is 0 Å². The quantitative estimate of drug-likeness (QED) is 0.532. The third kappa shape index (κ3) is 4.85. The number of phosphoric acid groups is 1. The molecule has 100 valence electrons. The Morgan fingerprint density at radius 1 is 1.44 bits per heavy atom. The number of carbonyl (C=O) groups is 1. The van der Waals surface area contributed by atoms with Crippen molar-refractivity contribution in [1.29, 1.82) is 0 Å². The number of primary amides is 1. The second-order valence-corrected chi connectivity index (χ2v) is 4.84. The molecular weight excluding hydrogens is 259 g/mol. The van der Waals surface area contributed by atoms with Crippen LogP contribution in [-0.2, 0) is 15.8 Å². The first-order valence-corrected chi connectivity index (χ1v) is 6.65. The molecule has 0 fully saturated rings. The number of phosphoric ester groups is 1. The minimum Gasteiger partial charge on any atom is -0.404 e. The molecule has 0 saturated heterocycles. The largest absolute Gasteiger partial charge is 0.524 e. The van der Waals surface area contributed by atoms with E-state index in [0.717, 1.165) is 5.56 Å². The van der Waals surface area contributed by atoms with E-state index in [2.05, 4.69) is 9.84 Å². The van der Waals surface area contributed by atoms with Gasteiger partial charge in [0.1, 0.15) is 5.75 Å². The SMILES string of the molecule is CNC(Cc1ccc(OP(=O)(O)O)cc1)C(N)=O. The molecule has 0 bridgehead atoms. The fourth-order valence-electron chi connectivity index (χ4n) is 1.40. The van der Waals surface area contributed by atoms with E-state index in [1.54, 1.807) is 19.2 Å². The molecule has 0 spiro atoms. The van der Waals surface area contributed by atoms with E-state index in [-0.39, 0.29) is 5.75 Å². The molecule has 1 atom stereocenters. The van der Waals surface area contributed by atoms with Crippen LogP contribution in [0.3, 0.4) is 0 Å². The topological polar surface area (TPSA) is 122 Å². The zero-order valence-electron chi connectivity index (χ0n) is 9.74. The maximum atomic E-state index is 11.0. The van der Waals surface area contributed by atoms with E-state index in [1.165, 1.54) is 12.1 Å². The molecule has 0 radical (unpaired) electrons. The highest BCUT2D eigenvalue weighted by molar-refractivity contribution is 7.46. The van der Waals surface area contributed by atoms with Crippen LogP contribution in [0.5, 0.6) is 5.75 Å². The molecule has 18 heavy (non-hydrogen) atoms. The van der Waals surface area contributed by atoms with Gasteiger partial charge in [0.05, 0.1) is 6.04 Å². The molecule has 0 aromatic heterocycles. The molecular formula is C10H15N2O5P. The first-order valence-electron chi connectivity index (χ1n) is 5.12. The summed E-state index contributed by atoms with van der Waals surface area (Å²) in [6.07, 6.45) is 0.391. The van der Waals surface area contributed by atoms with E-state index in [4.69, 9.17) is 15.5 Å². The number of benzene rings is 1. The lowest BCUT2D eigenvalue weighted by Crippen LogP contribution is -2.40. The van der Waals surface area contributed by atoms with Crippen molar-refractivity contribution in [1.82, 2.24) is 5.32 Å². The number of carbonyl (C=O) groups excluding carboxylic acids is 1. The van der Waals surface area contributed by atoms with Crippen molar-refractivity contribution >= 4 is 13.7 Å². The molecule has 0 aliphatic carbocycles. The van der Waals surface area contributed by atoms with Gasteiger partial charge in [-0.25, -0.2) is 4.57 Å². The maximum Gasteiger partial charge on any atom is 0.524 e. The van der Waals surface area contributed by atoms with Gasteiger partial charge in [0.2, 0.25) is 5.91 Å². The standard InChI is InChI=1S/C10H15N2O5P/c1-12-9(10(11)13)6-7-2-4-8(5-3-7)17-18(14,15)16/h2-5,9,12H,6H2,1H3,(H2,11,13)(H2,14,15,16). The number of rotatable bonds is 6. The van der Waals surface area contributed by atoms with Crippen molar-refractivity contribution in [2.45, 2.75) is 12.5 Å². The first-order chi connectivity index (χ1) is 8.31. The molecule has 0 heterocycles. The summed E-state index contributed by atoms with van der Waals surface area (Å²) in [4.78, 5) is 28.3. The van der Waals surface area contributed by atoms with Gasteiger partial charge in [0.15, 0.2) is 0 Å². The zero-order valence-corrected chi connectivity index (χ0v) is 10.6. The van der Waals surface area contributed by atoms with Gasteiger partial charge in [-0.3, -0.25) is 14.6 Å². The molecule has 8 heteroatoms. The van der Waals surface area contributed by atoms with Gasteiger partial charge in [-0.15, -0.1) is 0 Å². The van der Waals surface area contributed by atoms with Crippen LogP contribution in [0.2, 0.25) is 0 Å². The highest BCUT2D eigenvalue weighted by Crippen LogP contribution is 2.37. The molecule has 0 saturated carbocycles. The van der Waals surface area contributed by atoms with E-state index in [9.17, 15) is 9.36 Å². The molecule has 1 aromatic rings. The lowest BCUT2D eigenvalue weighted by Gasteiger charge is -2.12. The smallest absolute Gasteiger partial charge is 0.404 e. The predicted molar refractivity (Wildman–Crippen MR) is 64.9 cm³/mol. The van der Waals surface area contributed by atoms with Gasteiger partial charge in [-0.1, -0.05) is 12.1 Å². The Hall–Kier alpha value is -1.40. The van der Waals surface area contributed by atoms with Crippen LogP contribution in [0.1, 0.15) is 5.56 Å². The van der Waals surface area contributed by atoms with E-state index >= 15 is 0 Å². The van der Waals surface area contributed by atoms with E-state index < -0.39 is 19.8 Å². The van der Waals surface area contributed by atoms with Crippen molar-refractivity contribution in [3.05, 3.63) is 29.8 Å². The average Bonchev–Trinajstić information content (AvgIpc) is 2.25. The van der Waals surface area contributed by atoms with Gasteiger partial charge in [-0.2, -0.15) is 0 Å². The van der Waals surface area contributed by atoms with Crippen LogP contribution < -0.4 is 15.6 Å². The van der Waals surface area contributed by atoms with Crippen molar-refractivity contribution in [2.24, 2.45) is 5.73 Å². The van der Waals surface area contributed by atoms with Crippen LogP contribution in [0, 0.1) is 0 Å². The molecule has 1 unspecified atom stereocenters. The number of hydrogen-bond donors (Lipinski definition) is 4. The Morgan fingerprint density at radius 2 is 2.00 bits per heavy atom. The Bertz CT molecular complexity index is 456. The van der Waals surface area contributed by atoms with Crippen molar-refractivity contribution in [3.63, 3.8) is 0 Å².